The molecule has 1 aromatic heterocycles. The van der Waals surface area contributed by atoms with Crippen LogP contribution in [0, 0.1) is 0 Å². The minimum atomic E-state index is -1.25. The number of aromatic nitrogens is 1. The minimum Gasteiger partial charge on any atom is -0.507 e. The molecule has 0 saturated heterocycles. The molecule has 2 N–H and O–H groups in total. The van der Waals surface area contributed by atoms with Gasteiger partial charge in [0.05, 0.1) is 11.2 Å². The van der Waals surface area contributed by atoms with Crippen molar-refractivity contribution in [2.24, 2.45) is 0 Å². The Balaban J connectivity index is 2.62. The molecule has 0 aliphatic carbocycles. The van der Waals surface area contributed by atoms with Crippen molar-refractivity contribution >= 4 is 28.5 Å². The fourth-order valence-corrected chi connectivity index (χ4v) is 1.55. The van der Waals surface area contributed by atoms with Crippen LogP contribution < -0.4 is 0 Å². The van der Waals surface area contributed by atoms with Crippen LogP contribution in [0.5, 0.6) is 5.75 Å². The van der Waals surface area contributed by atoms with Gasteiger partial charge in [-0.3, -0.25) is 9.78 Å². The zero-order valence-electron chi connectivity index (χ0n) is 8.09. The normalized spacial score (nSPS) is 12.6. The highest BCUT2D eigenvalue weighted by Gasteiger charge is 2.19. The van der Waals surface area contributed by atoms with Gasteiger partial charge in [-0.1, -0.05) is 12.1 Å². The number of halogens is 1. The van der Waals surface area contributed by atoms with Crippen molar-refractivity contribution in [2.75, 3.05) is 0 Å². The first-order valence-electron chi connectivity index (χ1n) is 4.55. The highest BCUT2D eigenvalue weighted by molar-refractivity contribution is 6.29. The first-order valence-corrected chi connectivity index (χ1v) is 4.99. The number of carboxylic acid groups (broad SMARTS) is 1. The maximum atomic E-state index is 10.7. The van der Waals surface area contributed by atoms with Crippen molar-refractivity contribution in [2.45, 2.75) is 5.38 Å². The van der Waals surface area contributed by atoms with Crippen LogP contribution in [-0.2, 0) is 4.79 Å². The van der Waals surface area contributed by atoms with Crippen LogP contribution in [0.25, 0.3) is 10.9 Å². The maximum Gasteiger partial charge on any atom is 0.327 e. The molecule has 1 heterocycles. The number of benzene rings is 1. The maximum absolute atomic E-state index is 10.7. The van der Waals surface area contributed by atoms with E-state index in [-0.39, 0.29) is 11.4 Å². The smallest absolute Gasteiger partial charge is 0.327 e. The molecule has 0 aliphatic heterocycles. The summed E-state index contributed by atoms with van der Waals surface area (Å²) in [6.07, 6.45) is 0. The predicted molar refractivity (Wildman–Crippen MR) is 59.6 cm³/mol. The van der Waals surface area contributed by atoms with E-state index in [1.165, 1.54) is 6.07 Å². The second-order valence-electron chi connectivity index (χ2n) is 3.28. The van der Waals surface area contributed by atoms with Gasteiger partial charge in [0.1, 0.15) is 5.75 Å². The monoisotopic (exact) mass is 237 g/mol. The average Bonchev–Trinajstić information content (AvgIpc) is 2.28. The Hall–Kier alpha value is -1.81. The Morgan fingerprint density at radius 2 is 2.06 bits per heavy atom. The summed E-state index contributed by atoms with van der Waals surface area (Å²) >= 11 is 5.64. The van der Waals surface area contributed by atoms with Crippen LogP contribution >= 0.6 is 11.6 Å². The Kier molecular flexibility index (Phi) is 2.66. The number of carboxylic acids is 1. The van der Waals surface area contributed by atoms with Crippen molar-refractivity contribution in [3.8, 4) is 5.75 Å². The van der Waals surface area contributed by atoms with Crippen molar-refractivity contribution in [3.63, 3.8) is 0 Å². The quantitative estimate of drug-likeness (QED) is 0.787. The summed E-state index contributed by atoms with van der Waals surface area (Å²) in [5, 5.41) is 17.8. The number of rotatable bonds is 2. The summed E-state index contributed by atoms with van der Waals surface area (Å²) in [6.45, 7) is 0. The average molecular weight is 238 g/mol. The summed E-state index contributed by atoms with van der Waals surface area (Å²) in [5.74, 6) is -1.21. The highest BCUT2D eigenvalue weighted by Crippen LogP contribution is 2.28. The van der Waals surface area contributed by atoms with Crippen LogP contribution in [-0.4, -0.2) is 21.2 Å². The lowest BCUT2D eigenvalue weighted by molar-refractivity contribution is -0.136. The molecule has 16 heavy (non-hydrogen) atoms. The number of hydrogen-bond donors (Lipinski definition) is 2. The Morgan fingerprint density at radius 1 is 1.38 bits per heavy atom. The number of pyridine rings is 1. The van der Waals surface area contributed by atoms with E-state index in [1.54, 1.807) is 24.3 Å². The van der Waals surface area contributed by atoms with Gasteiger partial charge in [0.15, 0.2) is 5.38 Å². The van der Waals surface area contributed by atoms with E-state index < -0.39 is 11.3 Å². The predicted octanol–water partition coefficient (Wildman–Crippen LogP) is 2.30. The van der Waals surface area contributed by atoms with Gasteiger partial charge in [0.25, 0.3) is 0 Å². The topological polar surface area (TPSA) is 70.4 Å². The van der Waals surface area contributed by atoms with Gasteiger partial charge in [0, 0.05) is 11.5 Å². The van der Waals surface area contributed by atoms with Crippen LogP contribution in [0.1, 0.15) is 11.1 Å². The standard InChI is InChI=1S/C11H8ClNO3/c12-10(11(15)16)8-5-9(14)6-3-1-2-4-7(6)13-8/h1-5,10H,(H,13,14)(H,15,16). The lowest BCUT2D eigenvalue weighted by Crippen LogP contribution is -2.06. The van der Waals surface area contributed by atoms with E-state index in [0.717, 1.165) is 0 Å². The third-order valence-electron chi connectivity index (χ3n) is 2.19. The van der Waals surface area contributed by atoms with Gasteiger partial charge in [0.2, 0.25) is 0 Å². The number of aliphatic carboxylic acids is 1. The fraction of sp³-hybridized carbons (Fsp3) is 0.0909. The third kappa shape index (κ3) is 1.79. The van der Waals surface area contributed by atoms with Gasteiger partial charge in [-0.25, -0.2) is 0 Å². The number of nitrogens with zero attached hydrogens (tertiary/aromatic N) is 1. The van der Waals surface area contributed by atoms with Crippen molar-refractivity contribution in [3.05, 3.63) is 36.0 Å². The summed E-state index contributed by atoms with van der Waals surface area (Å²) in [6, 6.07) is 8.17. The number of fused-ring (bicyclic) bond motifs is 1. The van der Waals surface area contributed by atoms with Crippen molar-refractivity contribution in [1.29, 1.82) is 0 Å². The number of hydrogen-bond acceptors (Lipinski definition) is 3. The largest absolute Gasteiger partial charge is 0.507 e. The number of aromatic hydroxyl groups is 1. The number of para-hydroxylation sites is 1. The molecule has 0 fully saturated rings. The molecule has 0 amide bonds. The van der Waals surface area contributed by atoms with Crippen molar-refractivity contribution < 1.29 is 15.0 Å². The van der Waals surface area contributed by atoms with Crippen LogP contribution in [0.2, 0.25) is 0 Å². The second-order valence-corrected chi connectivity index (χ2v) is 3.72. The molecule has 0 aliphatic rings. The molecule has 0 bridgehead atoms. The van der Waals surface area contributed by atoms with Gasteiger partial charge in [-0.2, -0.15) is 0 Å². The summed E-state index contributed by atoms with van der Waals surface area (Å²) in [5.41, 5.74) is 0.648. The fourth-order valence-electron chi connectivity index (χ4n) is 1.43. The van der Waals surface area contributed by atoms with Gasteiger partial charge in [-0.15, -0.1) is 11.6 Å². The molecule has 0 spiro atoms. The second kappa shape index (κ2) is 3.98. The zero-order chi connectivity index (χ0) is 11.7. The van der Waals surface area contributed by atoms with E-state index in [4.69, 9.17) is 16.7 Å². The molecule has 0 saturated carbocycles. The molecule has 1 atom stereocenters. The first-order chi connectivity index (χ1) is 7.59. The van der Waals surface area contributed by atoms with E-state index in [9.17, 15) is 9.90 Å². The molecule has 2 aromatic rings. The molecule has 1 aromatic carbocycles. The van der Waals surface area contributed by atoms with Gasteiger partial charge in [-0.05, 0) is 12.1 Å². The van der Waals surface area contributed by atoms with E-state index in [1.807, 2.05) is 0 Å². The Labute approximate surface area is 96.1 Å². The van der Waals surface area contributed by atoms with E-state index in [0.29, 0.717) is 10.9 Å². The molecule has 1 unspecified atom stereocenters. The zero-order valence-corrected chi connectivity index (χ0v) is 8.85. The molecule has 4 nitrogen and oxygen atoms in total. The van der Waals surface area contributed by atoms with Crippen LogP contribution in [0.15, 0.2) is 30.3 Å². The van der Waals surface area contributed by atoms with Gasteiger partial charge < -0.3 is 10.2 Å². The van der Waals surface area contributed by atoms with Crippen LogP contribution in [0.3, 0.4) is 0 Å². The summed E-state index contributed by atoms with van der Waals surface area (Å²) in [7, 11) is 0. The lowest BCUT2D eigenvalue weighted by Gasteiger charge is -2.07. The summed E-state index contributed by atoms with van der Waals surface area (Å²) < 4.78 is 0. The minimum absolute atomic E-state index is 0.0208. The third-order valence-corrected chi connectivity index (χ3v) is 2.60. The molecular formula is C11H8ClNO3. The highest BCUT2D eigenvalue weighted by atomic mass is 35.5. The number of alkyl halides is 1. The number of carbonyl (C=O) groups is 1. The molecule has 0 radical (unpaired) electrons. The first kappa shape index (κ1) is 10.7. The Bertz CT molecular complexity index is 556. The molecule has 82 valence electrons. The van der Waals surface area contributed by atoms with Gasteiger partial charge >= 0.3 is 5.97 Å². The van der Waals surface area contributed by atoms with E-state index >= 15 is 0 Å². The molecule has 5 heteroatoms. The SMILES string of the molecule is O=C(O)C(Cl)c1cc(O)c2ccccc2n1. The molecule has 2 rings (SSSR count). The summed E-state index contributed by atoms with van der Waals surface area (Å²) in [4.78, 5) is 14.8. The van der Waals surface area contributed by atoms with Crippen LogP contribution in [0.4, 0.5) is 0 Å². The lowest BCUT2D eigenvalue weighted by atomic mass is 10.1. The molecular weight excluding hydrogens is 230 g/mol. The van der Waals surface area contributed by atoms with Crippen molar-refractivity contribution in [1.82, 2.24) is 4.98 Å². The van der Waals surface area contributed by atoms with E-state index in [2.05, 4.69) is 4.98 Å². The Morgan fingerprint density at radius 3 is 2.75 bits per heavy atom.